The highest BCUT2D eigenvalue weighted by Gasteiger charge is 2.12. The maximum Gasteiger partial charge on any atom is 0.387 e. The monoisotopic (exact) mass is 312 g/mol. The Labute approximate surface area is 127 Å². The summed E-state index contributed by atoms with van der Waals surface area (Å²) in [6, 6.07) is 6.79. The largest absolute Gasteiger partial charge is 0.435 e. The summed E-state index contributed by atoms with van der Waals surface area (Å²) in [5.74, 6) is 0.174. The summed E-state index contributed by atoms with van der Waals surface area (Å²) < 4.78 is 28.4. The normalized spacial score (nSPS) is 12.7. The molecule has 0 radical (unpaired) electrons. The molecule has 0 saturated heterocycles. The highest BCUT2D eigenvalue weighted by Crippen LogP contribution is 2.23. The molecule has 1 atom stereocenters. The molecule has 0 aliphatic carbocycles. The fourth-order valence-electron chi connectivity index (χ4n) is 2.10. The van der Waals surface area contributed by atoms with Gasteiger partial charge in [0, 0.05) is 17.5 Å². The number of hydrogen-bond donors (Lipinski definition) is 1. The molecule has 1 N–H and O–H groups in total. The maximum absolute atomic E-state index is 12.1. The van der Waals surface area contributed by atoms with Crippen LogP contribution in [-0.2, 0) is 6.54 Å². The number of alkyl halides is 2. The number of nitrogens with one attached hydrogen (secondary N) is 1. The molecule has 3 nitrogen and oxygen atoms in total. The van der Waals surface area contributed by atoms with Crippen molar-refractivity contribution in [3.8, 4) is 5.75 Å². The van der Waals surface area contributed by atoms with Crippen LogP contribution < -0.4 is 10.1 Å². The van der Waals surface area contributed by atoms with Crippen LogP contribution >= 0.6 is 11.3 Å². The molecule has 114 valence electrons. The Morgan fingerprint density at radius 3 is 2.43 bits per heavy atom. The molecule has 0 amide bonds. The summed E-state index contributed by atoms with van der Waals surface area (Å²) in [6.45, 7) is 3.98. The molecule has 0 saturated carbocycles. The van der Waals surface area contributed by atoms with Gasteiger partial charge in [-0.05, 0) is 38.5 Å². The molecular weight excluding hydrogens is 294 g/mol. The number of ether oxygens (including phenoxy) is 1. The Bertz CT molecular complexity index is 584. The predicted molar refractivity (Wildman–Crippen MR) is 79.9 cm³/mol. The van der Waals surface area contributed by atoms with Gasteiger partial charge in [0.15, 0.2) is 0 Å². The molecule has 21 heavy (non-hydrogen) atoms. The van der Waals surface area contributed by atoms with Crippen molar-refractivity contribution in [3.63, 3.8) is 0 Å². The molecule has 6 heteroatoms. The fraction of sp³-hybridized carbons (Fsp3) is 0.400. The third-order valence-corrected chi connectivity index (χ3v) is 4.01. The van der Waals surface area contributed by atoms with Gasteiger partial charge in [0.25, 0.3) is 0 Å². The standard InChI is InChI=1S/C15H18F2N2OS/c1-9(14-10(2)21-11(3)19-14)18-8-12-4-6-13(7-5-12)20-15(16)17/h4-7,9,15,18H,8H2,1-3H3. The van der Waals surface area contributed by atoms with Crippen molar-refractivity contribution in [2.75, 3.05) is 0 Å². The molecule has 0 spiro atoms. The minimum absolute atomic E-state index is 0.145. The molecule has 2 aromatic rings. The lowest BCUT2D eigenvalue weighted by Crippen LogP contribution is -2.19. The summed E-state index contributed by atoms with van der Waals surface area (Å²) in [6.07, 6.45) is 0. The zero-order chi connectivity index (χ0) is 15.4. The number of hydrogen-bond acceptors (Lipinski definition) is 4. The highest BCUT2D eigenvalue weighted by molar-refractivity contribution is 7.11. The Morgan fingerprint density at radius 1 is 1.24 bits per heavy atom. The Morgan fingerprint density at radius 2 is 1.90 bits per heavy atom. The van der Waals surface area contributed by atoms with Gasteiger partial charge < -0.3 is 10.1 Å². The van der Waals surface area contributed by atoms with Gasteiger partial charge in [0.1, 0.15) is 5.75 Å². The van der Waals surface area contributed by atoms with E-state index in [-0.39, 0.29) is 11.8 Å². The van der Waals surface area contributed by atoms with Crippen molar-refractivity contribution >= 4 is 11.3 Å². The molecule has 0 aliphatic rings. The van der Waals surface area contributed by atoms with Crippen LogP contribution in [0.15, 0.2) is 24.3 Å². The van der Waals surface area contributed by atoms with Gasteiger partial charge in [-0.3, -0.25) is 0 Å². The van der Waals surface area contributed by atoms with E-state index in [0.717, 1.165) is 16.3 Å². The minimum Gasteiger partial charge on any atom is -0.435 e. The minimum atomic E-state index is -2.79. The SMILES string of the molecule is Cc1nc(C(C)NCc2ccc(OC(F)F)cc2)c(C)s1. The summed E-state index contributed by atoms with van der Waals surface area (Å²) in [5, 5.41) is 4.44. The third kappa shape index (κ3) is 4.47. The Balaban J connectivity index is 1.92. The van der Waals surface area contributed by atoms with E-state index in [1.54, 1.807) is 35.6 Å². The zero-order valence-corrected chi connectivity index (χ0v) is 13.0. The molecule has 2 rings (SSSR count). The Kier molecular flexibility index (Phi) is 5.25. The lowest BCUT2D eigenvalue weighted by atomic mass is 10.1. The first kappa shape index (κ1) is 15.9. The quantitative estimate of drug-likeness (QED) is 0.867. The van der Waals surface area contributed by atoms with Gasteiger partial charge in [-0.15, -0.1) is 11.3 Å². The van der Waals surface area contributed by atoms with E-state index in [0.29, 0.717) is 6.54 Å². The topological polar surface area (TPSA) is 34.2 Å². The lowest BCUT2D eigenvalue weighted by molar-refractivity contribution is -0.0498. The molecule has 0 bridgehead atoms. The second-order valence-corrected chi connectivity index (χ2v) is 6.21. The maximum atomic E-state index is 12.1. The van der Waals surface area contributed by atoms with Crippen molar-refractivity contribution < 1.29 is 13.5 Å². The van der Waals surface area contributed by atoms with E-state index in [9.17, 15) is 8.78 Å². The van der Waals surface area contributed by atoms with E-state index in [2.05, 4.69) is 28.9 Å². The molecule has 1 aromatic heterocycles. The smallest absolute Gasteiger partial charge is 0.387 e. The van der Waals surface area contributed by atoms with Crippen molar-refractivity contribution in [3.05, 3.63) is 45.4 Å². The average molecular weight is 312 g/mol. The fourth-order valence-corrected chi connectivity index (χ4v) is 3.02. The number of aryl methyl sites for hydroxylation is 2. The van der Waals surface area contributed by atoms with Gasteiger partial charge in [-0.1, -0.05) is 12.1 Å². The molecule has 1 aromatic carbocycles. The third-order valence-electron chi connectivity index (χ3n) is 3.11. The summed E-state index contributed by atoms with van der Waals surface area (Å²) in [4.78, 5) is 5.74. The molecular formula is C15H18F2N2OS. The highest BCUT2D eigenvalue weighted by atomic mass is 32.1. The molecule has 0 fully saturated rings. The van der Waals surface area contributed by atoms with Crippen LogP contribution in [-0.4, -0.2) is 11.6 Å². The first-order chi connectivity index (χ1) is 9.95. The van der Waals surface area contributed by atoms with Gasteiger partial charge in [0.2, 0.25) is 0 Å². The second-order valence-electron chi connectivity index (χ2n) is 4.80. The number of rotatable bonds is 6. The number of benzene rings is 1. The van der Waals surface area contributed by atoms with Crippen molar-refractivity contribution in [2.45, 2.75) is 40.0 Å². The van der Waals surface area contributed by atoms with Crippen LogP contribution in [0, 0.1) is 13.8 Å². The van der Waals surface area contributed by atoms with Crippen LogP contribution in [0.25, 0.3) is 0 Å². The average Bonchev–Trinajstić information content (AvgIpc) is 2.76. The second kappa shape index (κ2) is 6.95. The van der Waals surface area contributed by atoms with Crippen LogP contribution in [0.5, 0.6) is 5.75 Å². The van der Waals surface area contributed by atoms with Gasteiger partial charge in [0.05, 0.1) is 10.7 Å². The van der Waals surface area contributed by atoms with Crippen LogP contribution in [0.4, 0.5) is 8.78 Å². The van der Waals surface area contributed by atoms with E-state index in [4.69, 9.17) is 0 Å². The summed E-state index contributed by atoms with van der Waals surface area (Å²) in [7, 11) is 0. The number of aromatic nitrogens is 1. The van der Waals surface area contributed by atoms with Crippen LogP contribution in [0.2, 0.25) is 0 Å². The molecule has 1 unspecified atom stereocenters. The zero-order valence-electron chi connectivity index (χ0n) is 12.2. The Hall–Kier alpha value is -1.53. The lowest BCUT2D eigenvalue weighted by Gasteiger charge is -2.13. The molecule has 1 heterocycles. The summed E-state index contributed by atoms with van der Waals surface area (Å²) >= 11 is 1.69. The van der Waals surface area contributed by atoms with Crippen molar-refractivity contribution in [1.29, 1.82) is 0 Å². The number of thiazole rings is 1. The van der Waals surface area contributed by atoms with Gasteiger partial charge >= 0.3 is 6.61 Å². The van der Waals surface area contributed by atoms with Crippen molar-refractivity contribution in [2.24, 2.45) is 0 Å². The van der Waals surface area contributed by atoms with E-state index < -0.39 is 6.61 Å². The van der Waals surface area contributed by atoms with E-state index in [1.165, 1.54) is 4.88 Å². The predicted octanol–water partition coefficient (Wildman–Crippen LogP) is 4.21. The van der Waals surface area contributed by atoms with E-state index >= 15 is 0 Å². The number of halogens is 2. The van der Waals surface area contributed by atoms with Crippen molar-refractivity contribution in [1.82, 2.24) is 10.3 Å². The first-order valence-corrected chi connectivity index (χ1v) is 7.48. The number of nitrogens with zero attached hydrogens (tertiary/aromatic N) is 1. The first-order valence-electron chi connectivity index (χ1n) is 6.66. The van der Waals surface area contributed by atoms with E-state index in [1.807, 2.05) is 6.92 Å². The van der Waals surface area contributed by atoms with Crippen LogP contribution in [0.3, 0.4) is 0 Å². The summed E-state index contributed by atoms with van der Waals surface area (Å²) in [5.41, 5.74) is 2.07. The van der Waals surface area contributed by atoms with Gasteiger partial charge in [-0.25, -0.2) is 4.98 Å². The van der Waals surface area contributed by atoms with Crippen LogP contribution in [0.1, 0.15) is 34.1 Å². The van der Waals surface area contributed by atoms with Gasteiger partial charge in [-0.2, -0.15) is 8.78 Å². The molecule has 0 aliphatic heterocycles.